The molecule has 94 valence electrons. The molecule has 1 saturated carbocycles. The molecular formula is C14H19F2N. The maximum Gasteiger partial charge on any atom is 0.126 e. The Bertz CT molecular complexity index is 354. The molecule has 0 radical (unpaired) electrons. The molecule has 1 aromatic rings. The molecule has 0 aliphatic heterocycles. The number of hydrogen-bond donors (Lipinski definition) is 1. The van der Waals surface area contributed by atoms with E-state index in [0.717, 1.165) is 18.5 Å². The summed E-state index contributed by atoms with van der Waals surface area (Å²) in [4.78, 5) is 0. The van der Waals surface area contributed by atoms with Gasteiger partial charge in [0.2, 0.25) is 0 Å². The lowest BCUT2D eigenvalue weighted by molar-refractivity contribution is 0.490. The standard InChI is InChI=1S/C14H19F2N/c1-10(6-11-2-3-11)17-5-4-12-7-13(15)9-14(16)8-12/h7-11,17H,2-6H2,1H3. The van der Waals surface area contributed by atoms with E-state index in [4.69, 9.17) is 0 Å². The van der Waals surface area contributed by atoms with Crippen LogP contribution in [0, 0.1) is 17.6 Å². The minimum Gasteiger partial charge on any atom is -0.314 e. The number of hydrogen-bond acceptors (Lipinski definition) is 1. The van der Waals surface area contributed by atoms with Crippen molar-refractivity contribution in [3.05, 3.63) is 35.4 Å². The molecule has 3 heteroatoms. The molecule has 0 aromatic heterocycles. The van der Waals surface area contributed by atoms with Crippen molar-refractivity contribution in [2.75, 3.05) is 6.54 Å². The summed E-state index contributed by atoms with van der Waals surface area (Å²) in [5, 5.41) is 3.40. The number of nitrogens with one attached hydrogen (secondary N) is 1. The zero-order valence-electron chi connectivity index (χ0n) is 10.2. The molecule has 17 heavy (non-hydrogen) atoms. The van der Waals surface area contributed by atoms with E-state index < -0.39 is 11.6 Å². The lowest BCUT2D eigenvalue weighted by Crippen LogP contribution is -2.28. The van der Waals surface area contributed by atoms with Crippen LogP contribution in [0.1, 0.15) is 31.7 Å². The summed E-state index contributed by atoms with van der Waals surface area (Å²) in [5.41, 5.74) is 0.716. The van der Waals surface area contributed by atoms with Gasteiger partial charge in [-0.25, -0.2) is 8.78 Å². The van der Waals surface area contributed by atoms with Crippen molar-refractivity contribution in [3.8, 4) is 0 Å². The maximum absolute atomic E-state index is 12.9. The van der Waals surface area contributed by atoms with Crippen molar-refractivity contribution >= 4 is 0 Å². The lowest BCUT2D eigenvalue weighted by Gasteiger charge is -2.13. The minimum atomic E-state index is -0.494. The van der Waals surface area contributed by atoms with Crippen LogP contribution in [0.3, 0.4) is 0 Å². The number of halogens is 2. The van der Waals surface area contributed by atoms with Gasteiger partial charge in [0, 0.05) is 12.1 Å². The quantitative estimate of drug-likeness (QED) is 0.803. The second-order valence-corrected chi connectivity index (χ2v) is 5.06. The van der Waals surface area contributed by atoms with Gasteiger partial charge in [0.1, 0.15) is 11.6 Å². The highest BCUT2D eigenvalue weighted by Gasteiger charge is 2.23. The van der Waals surface area contributed by atoms with Crippen LogP contribution in [0.15, 0.2) is 18.2 Å². The molecule has 1 aromatic carbocycles. The second kappa shape index (κ2) is 5.58. The summed E-state index contributed by atoms with van der Waals surface area (Å²) in [5.74, 6) is -0.0822. The molecule has 0 heterocycles. The summed E-state index contributed by atoms with van der Waals surface area (Å²) in [6.07, 6.45) is 4.61. The molecule has 0 saturated heterocycles. The van der Waals surface area contributed by atoms with E-state index in [1.807, 2.05) is 0 Å². The molecule has 0 amide bonds. The molecule has 1 nitrogen and oxygen atoms in total. The van der Waals surface area contributed by atoms with Crippen LogP contribution in [-0.4, -0.2) is 12.6 Å². The van der Waals surface area contributed by atoms with Crippen LogP contribution in [0.4, 0.5) is 8.78 Å². The van der Waals surface area contributed by atoms with E-state index in [1.54, 1.807) is 0 Å². The van der Waals surface area contributed by atoms with Crippen molar-refractivity contribution in [3.63, 3.8) is 0 Å². The normalized spacial score (nSPS) is 17.1. The summed E-state index contributed by atoms with van der Waals surface area (Å²) in [6, 6.07) is 4.21. The van der Waals surface area contributed by atoms with Gasteiger partial charge >= 0.3 is 0 Å². The van der Waals surface area contributed by atoms with Crippen molar-refractivity contribution < 1.29 is 8.78 Å². The Morgan fingerprint density at radius 2 is 1.88 bits per heavy atom. The third-order valence-electron chi connectivity index (χ3n) is 3.21. The maximum atomic E-state index is 12.9. The van der Waals surface area contributed by atoms with Crippen LogP contribution in [0.5, 0.6) is 0 Å². The highest BCUT2D eigenvalue weighted by Crippen LogP contribution is 2.33. The SMILES string of the molecule is CC(CC1CC1)NCCc1cc(F)cc(F)c1. The molecule has 1 atom stereocenters. The highest BCUT2D eigenvalue weighted by molar-refractivity contribution is 5.18. The fourth-order valence-corrected chi connectivity index (χ4v) is 2.16. The van der Waals surface area contributed by atoms with Crippen molar-refractivity contribution in [2.24, 2.45) is 5.92 Å². The van der Waals surface area contributed by atoms with Gasteiger partial charge in [0.05, 0.1) is 0 Å². The number of benzene rings is 1. The van der Waals surface area contributed by atoms with E-state index in [9.17, 15) is 8.78 Å². The zero-order valence-corrected chi connectivity index (χ0v) is 10.2. The molecule has 1 aliphatic rings. The zero-order chi connectivity index (χ0) is 12.3. The predicted octanol–water partition coefficient (Wildman–Crippen LogP) is 3.29. The minimum absolute atomic E-state index is 0.494. The van der Waals surface area contributed by atoms with Gasteiger partial charge in [0.25, 0.3) is 0 Å². The first-order valence-electron chi connectivity index (χ1n) is 6.32. The van der Waals surface area contributed by atoms with Crippen LogP contribution < -0.4 is 5.32 Å². The summed E-state index contributed by atoms with van der Waals surface area (Å²) < 4.78 is 25.9. The Balaban J connectivity index is 1.72. The predicted molar refractivity (Wildman–Crippen MR) is 64.9 cm³/mol. The first-order valence-corrected chi connectivity index (χ1v) is 6.32. The van der Waals surface area contributed by atoms with E-state index in [0.29, 0.717) is 18.0 Å². The van der Waals surface area contributed by atoms with E-state index in [2.05, 4.69) is 12.2 Å². The molecule has 2 rings (SSSR count). The van der Waals surface area contributed by atoms with Crippen molar-refractivity contribution in [2.45, 2.75) is 38.6 Å². The van der Waals surface area contributed by atoms with Crippen molar-refractivity contribution in [1.29, 1.82) is 0 Å². The van der Waals surface area contributed by atoms with Crippen LogP contribution in [0.2, 0.25) is 0 Å². The third kappa shape index (κ3) is 4.43. The van der Waals surface area contributed by atoms with Gasteiger partial charge in [-0.15, -0.1) is 0 Å². The van der Waals surface area contributed by atoms with Gasteiger partial charge in [-0.05, 0) is 49.9 Å². The van der Waals surface area contributed by atoms with E-state index in [1.165, 1.54) is 31.4 Å². The fraction of sp³-hybridized carbons (Fsp3) is 0.571. The van der Waals surface area contributed by atoms with Gasteiger partial charge in [-0.1, -0.05) is 12.8 Å². The Morgan fingerprint density at radius 1 is 1.24 bits per heavy atom. The third-order valence-corrected chi connectivity index (χ3v) is 3.21. The van der Waals surface area contributed by atoms with Crippen molar-refractivity contribution in [1.82, 2.24) is 5.32 Å². The average molecular weight is 239 g/mol. The molecule has 1 N–H and O–H groups in total. The molecule has 1 fully saturated rings. The molecule has 1 aliphatic carbocycles. The smallest absolute Gasteiger partial charge is 0.126 e. The Kier molecular flexibility index (Phi) is 4.11. The van der Waals surface area contributed by atoms with E-state index >= 15 is 0 Å². The Morgan fingerprint density at radius 3 is 2.47 bits per heavy atom. The lowest BCUT2D eigenvalue weighted by atomic mass is 10.1. The van der Waals surface area contributed by atoms with Crippen LogP contribution >= 0.6 is 0 Å². The molecule has 0 spiro atoms. The average Bonchev–Trinajstić information content (AvgIpc) is 3.00. The van der Waals surface area contributed by atoms with Crippen LogP contribution in [-0.2, 0) is 6.42 Å². The highest BCUT2D eigenvalue weighted by atomic mass is 19.1. The van der Waals surface area contributed by atoms with Gasteiger partial charge < -0.3 is 5.32 Å². The second-order valence-electron chi connectivity index (χ2n) is 5.06. The number of rotatable bonds is 6. The van der Waals surface area contributed by atoms with Gasteiger partial charge in [-0.3, -0.25) is 0 Å². The first kappa shape index (κ1) is 12.5. The molecule has 1 unspecified atom stereocenters. The van der Waals surface area contributed by atoms with Gasteiger partial charge in [-0.2, -0.15) is 0 Å². The van der Waals surface area contributed by atoms with Crippen LogP contribution in [0.25, 0.3) is 0 Å². The van der Waals surface area contributed by atoms with Gasteiger partial charge in [0.15, 0.2) is 0 Å². The fourth-order valence-electron chi connectivity index (χ4n) is 2.16. The Hall–Kier alpha value is -0.960. The van der Waals surface area contributed by atoms with E-state index in [-0.39, 0.29) is 0 Å². The first-order chi connectivity index (χ1) is 8.13. The molecule has 0 bridgehead atoms. The summed E-state index contributed by atoms with van der Waals surface area (Å²) >= 11 is 0. The largest absolute Gasteiger partial charge is 0.314 e. The topological polar surface area (TPSA) is 12.0 Å². The molecular weight excluding hydrogens is 220 g/mol. The monoisotopic (exact) mass is 239 g/mol. The summed E-state index contributed by atoms with van der Waals surface area (Å²) in [7, 11) is 0. The Labute approximate surface area is 101 Å². The summed E-state index contributed by atoms with van der Waals surface area (Å²) in [6.45, 7) is 2.95.